The molecule has 0 aliphatic heterocycles. The van der Waals surface area contributed by atoms with Crippen molar-refractivity contribution in [3.05, 3.63) is 11.6 Å². The minimum absolute atomic E-state index is 0.396. The van der Waals surface area contributed by atoms with E-state index in [0.717, 1.165) is 12.8 Å². The van der Waals surface area contributed by atoms with E-state index in [9.17, 15) is 4.79 Å². The quantitative estimate of drug-likeness (QED) is 0.545. The minimum atomic E-state index is -1.14. The van der Waals surface area contributed by atoms with E-state index >= 15 is 0 Å². The number of carbonyl (C=O) groups is 1. The van der Waals surface area contributed by atoms with Crippen LogP contribution in [0.4, 0.5) is 4.79 Å². The maximum atomic E-state index is 10.2. The number of carboxylic acid groups (broad SMARTS) is 1. The van der Waals surface area contributed by atoms with E-state index < -0.39 is 6.16 Å². The molecule has 3 atom stereocenters. The van der Waals surface area contributed by atoms with Crippen molar-refractivity contribution in [1.82, 2.24) is 0 Å². The van der Waals surface area contributed by atoms with Crippen molar-refractivity contribution in [1.29, 1.82) is 0 Å². The molecule has 0 amide bonds. The molecule has 14 heavy (non-hydrogen) atoms. The molecule has 2 aliphatic carbocycles. The fourth-order valence-electron chi connectivity index (χ4n) is 2.97. The molecule has 2 fully saturated rings. The highest BCUT2D eigenvalue weighted by molar-refractivity contribution is 5.56. The van der Waals surface area contributed by atoms with E-state index in [1.54, 1.807) is 5.57 Å². The van der Waals surface area contributed by atoms with Gasteiger partial charge in [-0.25, -0.2) is 4.79 Å². The molecule has 1 N–H and O–H groups in total. The van der Waals surface area contributed by atoms with Gasteiger partial charge in [0.05, 0.1) is 6.61 Å². The Balaban J connectivity index is 1.87. The van der Waals surface area contributed by atoms with Gasteiger partial charge in [0.25, 0.3) is 0 Å². The zero-order valence-electron chi connectivity index (χ0n) is 8.40. The summed E-state index contributed by atoms with van der Waals surface area (Å²) in [6.45, 7) is 2.49. The summed E-state index contributed by atoms with van der Waals surface area (Å²) in [4.78, 5) is 10.2. The van der Waals surface area contributed by atoms with Gasteiger partial charge in [0.15, 0.2) is 0 Å². The monoisotopic (exact) mass is 196 g/mol. The Kier molecular flexibility index (Phi) is 2.48. The van der Waals surface area contributed by atoms with Crippen LogP contribution in [-0.4, -0.2) is 17.9 Å². The van der Waals surface area contributed by atoms with Crippen LogP contribution in [0.5, 0.6) is 0 Å². The van der Waals surface area contributed by atoms with Crippen LogP contribution in [-0.2, 0) is 4.74 Å². The summed E-state index contributed by atoms with van der Waals surface area (Å²) in [7, 11) is 0. The third-order valence-electron chi connectivity index (χ3n) is 3.66. The highest BCUT2D eigenvalue weighted by Crippen LogP contribution is 2.51. The minimum Gasteiger partial charge on any atom is -0.450 e. The highest BCUT2D eigenvalue weighted by Gasteiger charge is 2.42. The fourth-order valence-corrected chi connectivity index (χ4v) is 2.97. The number of hydrogen-bond donors (Lipinski definition) is 1. The van der Waals surface area contributed by atoms with E-state index in [-0.39, 0.29) is 0 Å². The predicted octanol–water partition coefficient (Wildman–Crippen LogP) is 2.67. The Labute approximate surface area is 83.8 Å². The van der Waals surface area contributed by atoms with Crippen LogP contribution < -0.4 is 0 Å². The molecule has 1 unspecified atom stereocenters. The van der Waals surface area contributed by atoms with Crippen molar-refractivity contribution in [2.75, 3.05) is 6.61 Å². The summed E-state index contributed by atoms with van der Waals surface area (Å²) in [5.74, 6) is 1.86. The lowest BCUT2D eigenvalue weighted by Crippen LogP contribution is -2.19. The Morgan fingerprint density at radius 3 is 2.93 bits per heavy atom. The normalized spacial score (nSPS) is 37.8. The average molecular weight is 196 g/mol. The van der Waals surface area contributed by atoms with Gasteiger partial charge in [0.2, 0.25) is 0 Å². The van der Waals surface area contributed by atoms with E-state index in [2.05, 4.69) is 17.7 Å². The summed E-state index contributed by atoms with van der Waals surface area (Å²) in [6.07, 6.45) is 4.61. The van der Waals surface area contributed by atoms with Crippen LogP contribution in [0.25, 0.3) is 0 Å². The van der Waals surface area contributed by atoms with Crippen LogP contribution in [0.15, 0.2) is 11.6 Å². The molecule has 0 aromatic rings. The number of fused-ring (bicyclic) bond motifs is 2. The molecule has 0 radical (unpaired) electrons. The lowest BCUT2D eigenvalue weighted by Gasteiger charge is -2.22. The maximum Gasteiger partial charge on any atom is 0.505 e. The Bertz CT molecular complexity index is 270. The van der Waals surface area contributed by atoms with Gasteiger partial charge in [-0.3, -0.25) is 0 Å². The van der Waals surface area contributed by atoms with Gasteiger partial charge >= 0.3 is 6.16 Å². The number of ether oxygens (including phenoxy) is 1. The molecule has 0 aromatic heterocycles. The van der Waals surface area contributed by atoms with E-state index in [1.807, 2.05) is 0 Å². The van der Waals surface area contributed by atoms with Crippen molar-refractivity contribution in [3.8, 4) is 0 Å². The molecule has 0 saturated heterocycles. The van der Waals surface area contributed by atoms with Crippen LogP contribution >= 0.6 is 0 Å². The fraction of sp³-hybridized carbons (Fsp3) is 0.727. The molecule has 0 heterocycles. The molecule has 2 rings (SSSR count). The van der Waals surface area contributed by atoms with Gasteiger partial charge in [0, 0.05) is 0 Å². The number of hydrogen-bond acceptors (Lipinski definition) is 2. The van der Waals surface area contributed by atoms with Crippen LogP contribution in [0.3, 0.4) is 0 Å². The summed E-state index contributed by atoms with van der Waals surface area (Å²) in [5, 5.41) is 8.41. The third kappa shape index (κ3) is 1.63. The molecular formula is C11H16O3. The smallest absolute Gasteiger partial charge is 0.450 e. The Morgan fingerprint density at radius 2 is 2.43 bits per heavy atom. The highest BCUT2D eigenvalue weighted by atomic mass is 16.7. The molecule has 2 aliphatic rings. The van der Waals surface area contributed by atoms with Gasteiger partial charge in [-0.05, 0) is 43.9 Å². The Hall–Kier alpha value is -0.990. The first-order valence-electron chi connectivity index (χ1n) is 5.21. The molecular weight excluding hydrogens is 180 g/mol. The van der Waals surface area contributed by atoms with Crippen molar-refractivity contribution < 1.29 is 14.6 Å². The summed E-state index contributed by atoms with van der Waals surface area (Å²) < 4.78 is 4.64. The molecule has 2 saturated carbocycles. The second kappa shape index (κ2) is 3.64. The Morgan fingerprint density at radius 1 is 1.64 bits per heavy atom. The zero-order chi connectivity index (χ0) is 10.1. The average Bonchev–Trinajstić information content (AvgIpc) is 2.72. The van der Waals surface area contributed by atoms with Gasteiger partial charge < -0.3 is 9.84 Å². The zero-order valence-corrected chi connectivity index (χ0v) is 8.40. The van der Waals surface area contributed by atoms with Crippen LogP contribution in [0.2, 0.25) is 0 Å². The standard InChI is InChI=1S/C11H16O3/c1-2-7-3-9-4-8(7)5-10(9)6-14-11(12)13/h2,8-10H,3-6H2,1H3,(H,12,13)/t8-,9+,10?/m0/s1. The first-order valence-corrected chi connectivity index (χ1v) is 5.21. The SMILES string of the molecule is CC=C1C[C@@H]2C[C@H]1CC2COC(=O)O. The maximum absolute atomic E-state index is 10.2. The van der Waals surface area contributed by atoms with Gasteiger partial charge in [-0.1, -0.05) is 11.6 Å². The largest absolute Gasteiger partial charge is 0.505 e. The number of rotatable bonds is 2. The van der Waals surface area contributed by atoms with Gasteiger partial charge in [-0.15, -0.1) is 0 Å². The second-order valence-electron chi connectivity index (χ2n) is 4.33. The van der Waals surface area contributed by atoms with E-state index in [1.165, 1.54) is 6.42 Å². The second-order valence-corrected chi connectivity index (χ2v) is 4.33. The third-order valence-corrected chi connectivity index (χ3v) is 3.66. The predicted molar refractivity (Wildman–Crippen MR) is 52.1 cm³/mol. The molecule has 2 bridgehead atoms. The molecule has 3 nitrogen and oxygen atoms in total. The molecule has 78 valence electrons. The summed E-state index contributed by atoms with van der Waals surface area (Å²) >= 11 is 0. The first kappa shape index (κ1) is 9.56. The van der Waals surface area contributed by atoms with Crippen molar-refractivity contribution in [3.63, 3.8) is 0 Å². The van der Waals surface area contributed by atoms with Gasteiger partial charge in [-0.2, -0.15) is 0 Å². The summed E-state index contributed by atoms with van der Waals surface area (Å²) in [5.41, 5.74) is 1.57. The molecule has 0 spiro atoms. The van der Waals surface area contributed by atoms with E-state index in [0.29, 0.717) is 24.4 Å². The van der Waals surface area contributed by atoms with Crippen molar-refractivity contribution in [2.45, 2.75) is 26.2 Å². The van der Waals surface area contributed by atoms with Crippen LogP contribution in [0.1, 0.15) is 26.2 Å². The first-order chi connectivity index (χ1) is 6.70. The lowest BCUT2D eigenvalue weighted by atomic mass is 9.86. The van der Waals surface area contributed by atoms with Crippen molar-refractivity contribution >= 4 is 6.16 Å². The van der Waals surface area contributed by atoms with E-state index in [4.69, 9.17) is 5.11 Å². The lowest BCUT2D eigenvalue weighted by molar-refractivity contribution is 0.0688. The van der Waals surface area contributed by atoms with Crippen molar-refractivity contribution in [2.24, 2.45) is 17.8 Å². The summed E-state index contributed by atoms with van der Waals surface area (Å²) in [6, 6.07) is 0. The number of allylic oxidation sites excluding steroid dienone is 2. The topological polar surface area (TPSA) is 46.5 Å². The van der Waals surface area contributed by atoms with Crippen LogP contribution in [0, 0.1) is 17.8 Å². The van der Waals surface area contributed by atoms with Gasteiger partial charge in [0.1, 0.15) is 0 Å². The molecule has 0 aromatic carbocycles. The molecule has 3 heteroatoms.